The minimum atomic E-state index is -3.67. The molecule has 1 aromatic carbocycles. The van der Waals surface area contributed by atoms with Gasteiger partial charge in [-0.2, -0.15) is 4.31 Å². The lowest BCUT2D eigenvalue weighted by atomic mass is 9.99. The summed E-state index contributed by atoms with van der Waals surface area (Å²) < 4.78 is 33.5. The Labute approximate surface area is 159 Å². The van der Waals surface area contributed by atoms with Crippen LogP contribution in [0.1, 0.15) is 18.4 Å². The second kappa shape index (κ2) is 8.10. The van der Waals surface area contributed by atoms with Crippen LogP contribution in [0.15, 0.2) is 41.8 Å². The number of benzene rings is 1. The maximum Gasteiger partial charge on any atom is 0.262 e. The van der Waals surface area contributed by atoms with Gasteiger partial charge in [0, 0.05) is 32.9 Å². The van der Waals surface area contributed by atoms with Gasteiger partial charge < -0.3 is 14.6 Å². The van der Waals surface area contributed by atoms with Crippen LogP contribution >= 0.6 is 0 Å². The maximum absolute atomic E-state index is 12.7. The summed E-state index contributed by atoms with van der Waals surface area (Å²) in [5.74, 6) is 0.259. The summed E-state index contributed by atoms with van der Waals surface area (Å²) in [6, 6.07) is 7.45. The van der Waals surface area contributed by atoms with Crippen LogP contribution in [-0.2, 0) is 28.4 Å². The molecule has 0 bridgehead atoms. The van der Waals surface area contributed by atoms with Crippen LogP contribution in [0.3, 0.4) is 0 Å². The van der Waals surface area contributed by atoms with E-state index in [1.165, 1.54) is 16.8 Å². The number of imidazole rings is 1. The maximum atomic E-state index is 12.7. The molecule has 8 nitrogen and oxygen atoms in total. The zero-order chi connectivity index (χ0) is 19.4. The first-order chi connectivity index (χ1) is 12.9. The Hall–Kier alpha value is -2.39. The van der Waals surface area contributed by atoms with Crippen molar-refractivity contribution in [1.82, 2.24) is 19.2 Å². The Morgan fingerprint density at radius 2 is 2.07 bits per heavy atom. The van der Waals surface area contributed by atoms with E-state index in [9.17, 15) is 13.2 Å². The third kappa shape index (κ3) is 4.48. The zero-order valence-electron chi connectivity index (χ0n) is 15.5. The van der Waals surface area contributed by atoms with E-state index in [0.29, 0.717) is 25.9 Å². The van der Waals surface area contributed by atoms with Crippen LogP contribution in [0.4, 0.5) is 0 Å². The number of hydrogen-bond acceptors (Lipinski definition) is 5. The minimum absolute atomic E-state index is 0.0179. The van der Waals surface area contributed by atoms with Crippen LogP contribution in [-0.4, -0.2) is 48.4 Å². The van der Waals surface area contributed by atoms with Crippen molar-refractivity contribution in [3.8, 4) is 5.75 Å². The molecule has 0 spiro atoms. The summed E-state index contributed by atoms with van der Waals surface area (Å²) in [5.41, 5.74) is 0.956. The summed E-state index contributed by atoms with van der Waals surface area (Å²) in [6.45, 7) is 0.973. The van der Waals surface area contributed by atoms with E-state index in [1.807, 2.05) is 24.3 Å². The van der Waals surface area contributed by atoms with Gasteiger partial charge in [0.05, 0.1) is 19.4 Å². The topological polar surface area (TPSA) is 93.5 Å². The number of ether oxygens (including phenoxy) is 1. The minimum Gasteiger partial charge on any atom is -0.497 e. The Kier molecular flexibility index (Phi) is 5.81. The molecule has 9 heteroatoms. The van der Waals surface area contributed by atoms with Gasteiger partial charge in [0.25, 0.3) is 10.0 Å². The Bertz CT molecular complexity index is 892. The van der Waals surface area contributed by atoms with Crippen molar-refractivity contribution in [2.24, 2.45) is 13.0 Å². The number of sulfonamides is 1. The Morgan fingerprint density at radius 1 is 1.33 bits per heavy atom. The van der Waals surface area contributed by atoms with Crippen LogP contribution in [0.2, 0.25) is 0 Å². The average molecular weight is 392 g/mol. The van der Waals surface area contributed by atoms with Gasteiger partial charge in [0.2, 0.25) is 5.91 Å². The predicted octanol–water partition coefficient (Wildman–Crippen LogP) is 1.15. The third-order valence-electron chi connectivity index (χ3n) is 4.67. The molecule has 3 rings (SSSR count). The van der Waals surface area contributed by atoms with E-state index in [1.54, 1.807) is 18.7 Å². The van der Waals surface area contributed by atoms with Crippen molar-refractivity contribution in [1.29, 1.82) is 0 Å². The second-order valence-corrected chi connectivity index (χ2v) is 8.53. The highest BCUT2D eigenvalue weighted by Crippen LogP contribution is 2.23. The van der Waals surface area contributed by atoms with Gasteiger partial charge in [-0.3, -0.25) is 4.79 Å². The lowest BCUT2D eigenvalue weighted by molar-refractivity contribution is -0.126. The summed E-state index contributed by atoms with van der Waals surface area (Å²) in [7, 11) is -0.353. The lowest BCUT2D eigenvalue weighted by Crippen LogP contribution is -2.45. The molecule has 1 amide bonds. The van der Waals surface area contributed by atoms with Crippen LogP contribution in [0, 0.1) is 5.92 Å². The number of piperidine rings is 1. The molecule has 0 radical (unpaired) electrons. The number of rotatable bonds is 6. The molecule has 1 saturated heterocycles. The number of amides is 1. The standard InChI is InChI=1S/C18H24N4O4S/c1-21-12-17(20-13-21)27(24,25)22-9-3-4-15(11-22)18(23)19-10-14-5-7-16(26-2)8-6-14/h5-8,12-13,15H,3-4,9-11H2,1-2H3,(H,19,23). The van der Waals surface area contributed by atoms with Crippen molar-refractivity contribution >= 4 is 15.9 Å². The van der Waals surface area contributed by atoms with Gasteiger partial charge >= 0.3 is 0 Å². The molecule has 2 heterocycles. The summed E-state index contributed by atoms with van der Waals surface area (Å²) in [4.78, 5) is 16.5. The zero-order valence-corrected chi connectivity index (χ0v) is 16.3. The lowest BCUT2D eigenvalue weighted by Gasteiger charge is -2.30. The van der Waals surface area contributed by atoms with E-state index < -0.39 is 10.0 Å². The quantitative estimate of drug-likeness (QED) is 0.796. The number of carbonyl (C=O) groups is 1. The highest BCUT2D eigenvalue weighted by molar-refractivity contribution is 7.89. The van der Waals surface area contributed by atoms with Crippen molar-refractivity contribution in [3.63, 3.8) is 0 Å². The predicted molar refractivity (Wildman–Crippen MR) is 99.5 cm³/mol. The molecule has 146 valence electrons. The average Bonchev–Trinajstić information content (AvgIpc) is 3.14. The molecule has 1 aliphatic heterocycles. The van der Waals surface area contributed by atoms with Crippen molar-refractivity contribution in [3.05, 3.63) is 42.4 Å². The normalized spacial score (nSPS) is 18.2. The molecule has 1 fully saturated rings. The van der Waals surface area contributed by atoms with Gasteiger partial charge in [-0.25, -0.2) is 13.4 Å². The molecule has 27 heavy (non-hydrogen) atoms. The molecular weight excluding hydrogens is 368 g/mol. The van der Waals surface area contributed by atoms with Crippen LogP contribution in [0.25, 0.3) is 0 Å². The van der Waals surface area contributed by atoms with Crippen molar-refractivity contribution in [2.45, 2.75) is 24.4 Å². The molecule has 1 unspecified atom stereocenters. The number of nitrogens with one attached hydrogen (secondary N) is 1. The monoisotopic (exact) mass is 392 g/mol. The molecule has 1 N–H and O–H groups in total. The van der Waals surface area contributed by atoms with Gasteiger partial charge in [-0.15, -0.1) is 0 Å². The van der Waals surface area contributed by atoms with E-state index in [-0.39, 0.29) is 23.4 Å². The van der Waals surface area contributed by atoms with E-state index in [0.717, 1.165) is 11.3 Å². The van der Waals surface area contributed by atoms with Crippen molar-refractivity contribution < 1.29 is 17.9 Å². The number of methoxy groups -OCH3 is 1. The molecule has 0 aliphatic carbocycles. The Morgan fingerprint density at radius 3 is 2.70 bits per heavy atom. The fourth-order valence-corrected chi connectivity index (χ4v) is 4.60. The molecule has 2 aromatic rings. The van der Waals surface area contributed by atoms with E-state index in [4.69, 9.17) is 4.74 Å². The van der Waals surface area contributed by atoms with Gasteiger partial charge in [0.1, 0.15) is 5.75 Å². The fraction of sp³-hybridized carbons (Fsp3) is 0.444. The van der Waals surface area contributed by atoms with Crippen LogP contribution < -0.4 is 10.1 Å². The number of hydrogen-bond donors (Lipinski definition) is 1. The summed E-state index contributed by atoms with van der Waals surface area (Å²) >= 11 is 0. The number of carbonyl (C=O) groups excluding carboxylic acids is 1. The highest BCUT2D eigenvalue weighted by Gasteiger charge is 2.34. The third-order valence-corrected chi connectivity index (χ3v) is 6.42. The number of aromatic nitrogens is 2. The molecule has 0 saturated carbocycles. The molecule has 1 aromatic heterocycles. The number of aryl methyl sites for hydroxylation is 1. The van der Waals surface area contributed by atoms with E-state index in [2.05, 4.69) is 10.3 Å². The molecule has 1 atom stereocenters. The molecular formula is C18H24N4O4S. The highest BCUT2D eigenvalue weighted by atomic mass is 32.2. The first-order valence-corrected chi connectivity index (χ1v) is 10.2. The largest absolute Gasteiger partial charge is 0.497 e. The second-order valence-electron chi connectivity index (χ2n) is 6.65. The van der Waals surface area contributed by atoms with Gasteiger partial charge in [-0.1, -0.05) is 12.1 Å². The van der Waals surface area contributed by atoms with Crippen LogP contribution in [0.5, 0.6) is 5.75 Å². The van der Waals surface area contributed by atoms with Gasteiger partial charge in [-0.05, 0) is 30.5 Å². The van der Waals surface area contributed by atoms with E-state index >= 15 is 0 Å². The SMILES string of the molecule is COc1ccc(CNC(=O)C2CCCN(S(=O)(=O)c3cn(C)cn3)C2)cc1. The van der Waals surface area contributed by atoms with Gasteiger partial charge in [0.15, 0.2) is 5.03 Å². The number of nitrogens with zero attached hydrogens (tertiary/aromatic N) is 3. The summed E-state index contributed by atoms with van der Waals surface area (Å²) in [6.07, 6.45) is 4.24. The smallest absolute Gasteiger partial charge is 0.262 e. The molecule has 1 aliphatic rings. The van der Waals surface area contributed by atoms with Crippen molar-refractivity contribution in [2.75, 3.05) is 20.2 Å². The first-order valence-electron chi connectivity index (χ1n) is 8.79. The Balaban J connectivity index is 1.60. The summed E-state index contributed by atoms with van der Waals surface area (Å²) in [5, 5.41) is 2.92. The fourth-order valence-electron chi connectivity index (χ4n) is 3.11. The first kappa shape index (κ1) is 19.4.